The minimum atomic E-state index is -1.32. The molecule has 2 rings (SSSR count). The number of rotatable bonds is 4. The third kappa shape index (κ3) is 3.30. The van der Waals surface area contributed by atoms with E-state index in [1.165, 1.54) is 6.07 Å². The van der Waals surface area contributed by atoms with E-state index in [1.54, 1.807) is 30.3 Å². The van der Waals surface area contributed by atoms with E-state index in [4.69, 9.17) is 5.73 Å². The Hall–Kier alpha value is -1.73. The minimum Gasteiger partial charge on any atom is -0.398 e. The van der Waals surface area contributed by atoms with E-state index in [2.05, 4.69) is 15.9 Å². The highest BCUT2D eigenvalue weighted by Gasteiger charge is 2.17. The van der Waals surface area contributed by atoms with Crippen molar-refractivity contribution in [2.45, 2.75) is 17.6 Å². The fraction of sp³-hybridized carbons (Fsp3) is 0.143. The number of anilines is 1. The van der Waals surface area contributed by atoms with Crippen molar-refractivity contribution in [3.8, 4) is 0 Å². The summed E-state index contributed by atoms with van der Waals surface area (Å²) in [6.07, 6.45) is 0. The van der Waals surface area contributed by atoms with Crippen LogP contribution >= 0.6 is 15.9 Å². The number of halogens is 1. The Balaban J connectivity index is 2.34. The smallest absolute Gasteiger partial charge is 0.283 e. The maximum absolute atomic E-state index is 12.5. The fourth-order valence-electron chi connectivity index (χ4n) is 1.92. The highest BCUT2D eigenvalue weighted by molar-refractivity contribution is 9.10. The van der Waals surface area contributed by atoms with E-state index >= 15 is 0 Å². The first-order valence-corrected chi connectivity index (χ1v) is 8.18. The summed E-state index contributed by atoms with van der Waals surface area (Å²) in [6.45, 7) is 1.81. The molecular formula is C14H13BrN2O3S. The summed E-state index contributed by atoms with van der Waals surface area (Å²) in [5.41, 5.74) is 7.77. The van der Waals surface area contributed by atoms with Crippen molar-refractivity contribution in [1.82, 2.24) is 0 Å². The minimum absolute atomic E-state index is 0.0335. The molecule has 0 saturated carbocycles. The van der Waals surface area contributed by atoms with Crippen LogP contribution in [0.5, 0.6) is 0 Å². The molecule has 2 aromatic carbocycles. The van der Waals surface area contributed by atoms with Gasteiger partial charge in [0, 0.05) is 16.6 Å². The summed E-state index contributed by atoms with van der Waals surface area (Å²) in [5, 5.41) is 10.9. The van der Waals surface area contributed by atoms with Crippen molar-refractivity contribution < 1.29 is 9.13 Å². The lowest BCUT2D eigenvalue weighted by atomic mass is 10.2. The number of nitrogens with zero attached hydrogens (tertiary/aromatic N) is 1. The average molecular weight is 369 g/mol. The van der Waals surface area contributed by atoms with E-state index in [-0.39, 0.29) is 11.4 Å². The summed E-state index contributed by atoms with van der Waals surface area (Å²) in [7, 11) is -1.32. The summed E-state index contributed by atoms with van der Waals surface area (Å²) in [5.74, 6) is 0.187. The van der Waals surface area contributed by atoms with Crippen LogP contribution in [0.25, 0.3) is 0 Å². The van der Waals surface area contributed by atoms with Gasteiger partial charge in [0.2, 0.25) is 0 Å². The number of benzene rings is 2. The Morgan fingerprint density at radius 1 is 1.29 bits per heavy atom. The van der Waals surface area contributed by atoms with Gasteiger partial charge in [0.15, 0.2) is 0 Å². The van der Waals surface area contributed by atoms with Gasteiger partial charge in [-0.05, 0) is 46.1 Å². The van der Waals surface area contributed by atoms with Gasteiger partial charge in [0.05, 0.1) is 25.9 Å². The molecule has 0 amide bonds. The Labute approximate surface area is 132 Å². The van der Waals surface area contributed by atoms with Gasteiger partial charge in [-0.2, -0.15) is 0 Å². The van der Waals surface area contributed by atoms with Crippen LogP contribution in [0.2, 0.25) is 0 Å². The molecule has 0 fully saturated rings. The number of nitro benzene ring substituents is 1. The molecule has 0 aliphatic rings. The normalized spacial score (nSPS) is 12.1. The molecule has 0 radical (unpaired) electrons. The lowest BCUT2D eigenvalue weighted by Gasteiger charge is -2.09. The first kappa shape index (κ1) is 15.7. The third-order valence-electron chi connectivity index (χ3n) is 3.11. The maximum Gasteiger partial charge on any atom is 0.283 e. The van der Waals surface area contributed by atoms with Gasteiger partial charge in [-0.25, -0.2) is 0 Å². The number of nitro groups is 1. The Kier molecular flexibility index (Phi) is 4.74. The first-order chi connectivity index (χ1) is 9.91. The molecule has 1 atom stereocenters. The highest BCUT2D eigenvalue weighted by Crippen LogP contribution is 2.30. The zero-order valence-electron chi connectivity index (χ0n) is 11.2. The van der Waals surface area contributed by atoms with Crippen LogP contribution < -0.4 is 5.73 Å². The molecule has 5 nitrogen and oxygen atoms in total. The molecule has 0 spiro atoms. The lowest BCUT2D eigenvalue weighted by molar-refractivity contribution is -0.385. The van der Waals surface area contributed by atoms with E-state index in [0.29, 0.717) is 20.6 Å². The number of hydrogen-bond acceptors (Lipinski definition) is 4. The van der Waals surface area contributed by atoms with Crippen LogP contribution in [0, 0.1) is 17.0 Å². The van der Waals surface area contributed by atoms with Crippen molar-refractivity contribution in [3.63, 3.8) is 0 Å². The van der Waals surface area contributed by atoms with Gasteiger partial charge in [-0.1, -0.05) is 18.2 Å². The maximum atomic E-state index is 12.5. The van der Waals surface area contributed by atoms with Crippen molar-refractivity contribution >= 4 is 38.1 Å². The highest BCUT2D eigenvalue weighted by atomic mass is 79.9. The van der Waals surface area contributed by atoms with Gasteiger partial charge in [-0.3, -0.25) is 14.3 Å². The van der Waals surface area contributed by atoms with E-state index in [1.807, 2.05) is 6.92 Å². The van der Waals surface area contributed by atoms with E-state index in [0.717, 1.165) is 5.56 Å². The Bertz CT molecular complexity index is 734. The fourth-order valence-corrected chi connectivity index (χ4v) is 4.02. The zero-order valence-corrected chi connectivity index (χ0v) is 13.6. The summed E-state index contributed by atoms with van der Waals surface area (Å²) >= 11 is 3.22. The van der Waals surface area contributed by atoms with Crippen LogP contribution in [0.1, 0.15) is 11.1 Å². The molecule has 2 aromatic rings. The van der Waals surface area contributed by atoms with Crippen LogP contribution in [0.3, 0.4) is 0 Å². The molecule has 0 saturated heterocycles. The Morgan fingerprint density at radius 3 is 2.62 bits per heavy atom. The van der Waals surface area contributed by atoms with Gasteiger partial charge in [-0.15, -0.1) is 0 Å². The Morgan fingerprint density at radius 2 is 1.95 bits per heavy atom. The number of hydrogen-bond donors (Lipinski definition) is 1. The van der Waals surface area contributed by atoms with Crippen LogP contribution in [-0.2, 0) is 16.6 Å². The van der Waals surface area contributed by atoms with Gasteiger partial charge >= 0.3 is 0 Å². The first-order valence-electron chi connectivity index (χ1n) is 6.07. The molecule has 0 aliphatic carbocycles. The van der Waals surface area contributed by atoms with Crippen LogP contribution in [0.15, 0.2) is 45.8 Å². The van der Waals surface area contributed by atoms with E-state index < -0.39 is 15.7 Å². The summed E-state index contributed by atoms with van der Waals surface area (Å²) < 4.78 is 12.9. The standard InChI is InChI=1S/C14H13BrN2O3S/c1-9-11(16)5-3-7-13(9)21(20)8-10-4-2-6-12(14(10)15)17(18)19/h2-7H,8,16H2,1H3. The molecule has 21 heavy (non-hydrogen) atoms. The molecule has 0 aromatic heterocycles. The molecule has 110 valence electrons. The largest absolute Gasteiger partial charge is 0.398 e. The second-order valence-corrected chi connectivity index (χ2v) is 6.68. The second-order valence-electron chi connectivity index (χ2n) is 4.47. The topological polar surface area (TPSA) is 86.2 Å². The number of nitrogens with two attached hydrogens (primary N) is 1. The van der Waals surface area contributed by atoms with Crippen LogP contribution in [-0.4, -0.2) is 9.13 Å². The lowest BCUT2D eigenvalue weighted by Crippen LogP contribution is -2.02. The monoisotopic (exact) mass is 368 g/mol. The SMILES string of the molecule is Cc1c(N)cccc1S(=O)Cc1cccc([N+](=O)[O-])c1Br. The third-order valence-corrected chi connectivity index (χ3v) is 5.53. The predicted molar refractivity (Wildman–Crippen MR) is 86.5 cm³/mol. The second kappa shape index (κ2) is 6.36. The van der Waals surface area contributed by atoms with Crippen molar-refractivity contribution in [3.05, 3.63) is 62.1 Å². The van der Waals surface area contributed by atoms with Crippen molar-refractivity contribution in [1.29, 1.82) is 0 Å². The molecule has 7 heteroatoms. The van der Waals surface area contributed by atoms with Gasteiger partial charge < -0.3 is 5.73 Å². The van der Waals surface area contributed by atoms with Gasteiger partial charge in [0.1, 0.15) is 0 Å². The quantitative estimate of drug-likeness (QED) is 0.507. The molecule has 0 bridgehead atoms. The van der Waals surface area contributed by atoms with E-state index in [9.17, 15) is 14.3 Å². The summed E-state index contributed by atoms with van der Waals surface area (Å²) in [6, 6.07) is 9.96. The molecule has 2 N–H and O–H groups in total. The average Bonchev–Trinajstić information content (AvgIpc) is 2.43. The van der Waals surface area contributed by atoms with Crippen LogP contribution in [0.4, 0.5) is 11.4 Å². The summed E-state index contributed by atoms with van der Waals surface area (Å²) in [4.78, 5) is 11.1. The molecule has 0 aliphatic heterocycles. The van der Waals surface area contributed by atoms with Gasteiger partial charge in [0.25, 0.3) is 5.69 Å². The molecule has 0 heterocycles. The number of nitrogen functional groups attached to an aromatic ring is 1. The van der Waals surface area contributed by atoms with Crippen molar-refractivity contribution in [2.75, 3.05) is 5.73 Å². The molecule has 1 unspecified atom stereocenters. The molecular weight excluding hydrogens is 356 g/mol. The predicted octanol–water partition coefficient (Wildman–Crippen LogP) is 3.56. The zero-order chi connectivity index (χ0) is 15.6. The van der Waals surface area contributed by atoms with Crippen molar-refractivity contribution in [2.24, 2.45) is 0 Å².